The predicted octanol–water partition coefficient (Wildman–Crippen LogP) is -1.04. The Hall–Kier alpha value is -0.690. The molecule has 0 aliphatic carbocycles. The van der Waals surface area contributed by atoms with Crippen LogP contribution in [0.3, 0.4) is 0 Å². The van der Waals surface area contributed by atoms with Gasteiger partial charge >= 0.3 is 5.97 Å². The molecule has 0 aromatic rings. The first-order valence-electron chi connectivity index (χ1n) is 4.47. The largest absolute Gasteiger partial charge is 0.465 e. The van der Waals surface area contributed by atoms with Crippen molar-refractivity contribution in [3.63, 3.8) is 0 Å². The van der Waals surface area contributed by atoms with E-state index in [2.05, 4.69) is 4.74 Å². The van der Waals surface area contributed by atoms with E-state index < -0.39 is 24.4 Å². The van der Waals surface area contributed by atoms with Crippen molar-refractivity contribution in [2.24, 2.45) is 5.73 Å². The molecule has 1 aliphatic rings. The number of hydrogen-bond acceptors (Lipinski definition) is 6. The molecule has 0 aromatic carbocycles. The fourth-order valence-electron chi connectivity index (χ4n) is 1.10. The molecule has 6 nitrogen and oxygen atoms in total. The van der Waals surface area contributed by atoms with Crippen LogP contribution < -0.4 is 5.73 Å². The Morgan fingerprint density at radius 3 is 2.64 bits per heavy atom. The number of ether oxygens (including phenoxy) is 3. The van der Waals surface area contributed by atoms with Gasteiger partial charge in [-0.05, 0) is 13.8 Å². The van der Waals surface area contributed by atoms with Crippen LogP contribution in [-0.2, 0) is 19.0 Å². The first-order valence-corrected chi connectivity index (χ1v) is 4.47. The number of hydrogen-bond donors (Lipinski definition) is 2. The highest BCUT2D eigenvalue weighted by Gasteiger charge is 2.39. The van der Waals surface area contributed by atoms with Crippen LogP contribution in [0.2, 0.25) is 0 Å². The molecule has 1 fully saturated rings. The van der Waals surface area contributed by atoms with E-state index in [1.165, 1.54) is 0 Å². The third kappa shape index (κ3) is 2.42. The highest BCUT2D eigenvalue weighted by molar-refractivity contribution is 5.76. The maximum absolute atomic E-state index is 11.1. The van der Waals surface area contributed by atoms with Gasteiger partial charge in [-0.1, -0.05) is 0 Å². The normalized spacial score (nSPS) is 30.3. The van der Waals surface area contributed by atoms with Gasteiger partial charge in [0.15, 0.2) is 12.6 Å². The summed E-state index contributed by atoms with van der Waals surface area (Å²) in [6, 6.07) is -1.13. The molecule has 0 aromatic heterocycles. The summed E-state index contributed by atoms with van der Waals surface area (Å²) in [5.41, 5.74) is 5.42. The van der Waals surface area contributed by atoms with Crippen LogP contribution in [0.25, 0.3) is 0 Å². The quantitative estimate of drug-likeness (QED) is 0.569. The average Bonchev–Trinajstić information content (AvgIpc) is 2.11. The molecule has 0 spiro atoms. The molecule has 1 saturated heterocycles. The molecule has 14 heavy (non-hydrogen) atoms. The summed E-state index contributed by atoms with van der Waals surface area (Å²) in [7, 11) is 0. The van der Waals surface area contributed by atoms with E-state index in [0.717, 1.165) is 0 Å². The van der Waals surface area contributed by atoms with Crippen LogP contribution in [0.4, 0.5) is 0 Å². The number of carbonyl (C=O) groups is 1. The lowest BCUT2D eigenvalue weighted by Crippen LogP contribution is -2.56. The molecule has 1 rings (SSSR count). The molecule has 0 saturated carbocycles. The van der Waals surface area contributed by atoms with Crippen molar-refractivity contribution in [2.45, 2.75) is 38.6 Å². The van der Waals surface area contributed by atoms with Crippen molar-refractivity contribution in [1.29, 1.82) is 0 Å². The van der Waals surface area contributed by atoms with Gasteiger partial charge in [0.25, 0.3) is 0 Å². The Morgan fingerprint density at radius 1 is 1.64 bits per heavy atom. The Morgan fingerprint density at radius 2 is 2.21 bits per heavy atom. The predicted molar refractivity (Wildman–Crippen MR) is 46.0 cm³/mol. The van der Waals surface area contributed by atoms with Crippen LogP contribution in [0.1, 0.15) is 13.8 Å². The smallest absolute Gasteiger partial charge is 0.325 e. The molecular weight excluding hydrogens is 190 g/mol. The zero-order valence-corrected chi connectivity index (χ0v) is 8.17. The van der Waals surface area contributed by atoms with Crippen molar-refractivity contribution < 1.29 is 24.1 Å². The van der Waals surface area contributed by atoms with Crippen molar-refractivity contribution in [1.82, 2.24) is 0 Å². The van der Waals surface area contributed by atoms with Gasteiger partial charge in [-0.15, -0.1) is 0 Å². The van der Waals surface area contributed by atoms with Gasteiger partial charge in [-0.3, -0.25) is 4.79 Å². The number of rotatable bonds is 4. The number of carbonyl (C=O) groups excluding carboxylic acids is 1. The topological polar surface area (TPSA) is 91.0 Å². The lowest BCUT2D eigenvalue weighted by molar-refractivity contribution is -0.399. The molecule has 0 radical (unpaired) electrons. The molecule has 2 atom stereocenters. The minimum atomic E-state index is -1.19. The molecule has 3 N–H and O–H groups in total. The Balaban J connectivity index is 2.36. The van der Waals surface area contributed by atoms with Gasteiger partial charge in [0.2, 0.25) is 0 Å². The summed E-state index contributed by atoms with van der Waals surface area (Å²) in [6.45, 7) is 3.57. The van der Waals surface area contributed by atoms with E-state index >= 15 is 0 Å². The van der Waals surface area contributed by atoms with Crippen LogP contribution in [0.15, 0.2) is 0 Å². The van der Waals surface area contributed by atoms with Gasteiger partial charge < -0.3 is 25.1 Å². The first-order chi connectivity index (χ1) is 6.56. The standard InChI is InChI=1S/C8H15NO5/c1-3-12-7(11)5(9)6(10)8-13-4(2)14-8/h4-6,8,10H,3,9H2,1-2H3/t4?,5-,6+,8?/m0/s1. The van der Waals surface area contributed by atoms with E-state index in [1.807, 2.05) is 0 Å². The number of aliphatic hydroxyl groups is 1. The van der Waals surface area contributed by atoms with E-state index in [1.54, 1.807) is 13.8 Å². The monoisotopic (exact) mass is 205 g/mol. The van der Waals surface area contributed by atoms with E-state index in [9.17, 15) is 9.90 Å². The van der Waals surface area contributed by atoms with Gasteiger partial charge in [-0.25, -0.2) is 0 Å². The molecular formula is C8H15NO5. The maximum atomic E-state index is 11.1. The summed E-state index contributed by atoms with van der Waals surface area (Å²) >= 11 is 0. The lowest BCUT2D eigenvalue weighted by Gasteiger charge is -2.37. The Kier molecular flexibility index (Phi) is 3.82. The van der Waals surface area contributed by atoms with E-state index in [4.69, 9.17) is 15.2 Å². The van der Waals surface area contributed by atoms with Crippen LogP contribution in [-0.4, -0.2) is 42.4 Å². The molecule has 1 heterocycles. The fourth-order valence-corrected chi connectivity index (χ4v) is 1.10. The SMILES string of the molecule is CCOC(=O)[C@@H](N)[C@@H](O)C1OC(C)O1. The first kappa shape index (κ1) is 11.4. The molecule has 0 bridgehead atoms. The molecule has 1 aliphatic heterocycles. The lowest BCUT2D eigenvalue weighted by atomic mass is 10.1. The maximum Gasteiger partial charge on any atom is 0.325 e. The molecule has 82 valence electrons. The number of esters is 1. The summed E-state index contributed by atoms with van der Waals surface area (Å²) in [4.78, 5) is 11.1. The van der Waals surface area contributed by atoms with Crippen molar-refractivity contribution in [3.8, 4) is 0 Å². The second-order valence-electron chi connectivity index (χ2n) is 2.98. The van der Waals surface area contributed by atoms with Gasteiger partial charge in [0.1, 0.15) is 12.1 Å². The minimum absolute atomic E-state index is 0.224. The van der Waals surface area contributed by atoms with Crippen molar-refractivity contribution in [3.05, 3.63) is 0 Å². The van der Waals surface area contributed by atoms with Gasteiger partial charge in [0.05, 0.1) is 6.61 Å². The second kappa shape index (κ2) is 4.70. The summed E-state index contributed by atoms with van der Waals surface area (Å²) in [6.07, 6.45) is -2.38. The molecule has 0 amide bonds. The van der Waals surface area contributed by atoms with Gasteiger partial charge in [-0.2, -0.15) is 0 Å². The average molecular weight is 205 g/mol. The van der Waals surface area contributed by atoms with E-state index in [-0.39, 0.29) is 12.9 Å². The van der Waals surface area contributed by atoms with Crippen LogP contribution in [0, 0.1) is 0 Å². The summed E-state index contributed by atoms with van der Waals surface area (Å²) in [5.74, 6) is -0.660. The summed E-state index contributed by atoms with van der Waals surface area (Å²) < 4.78 is 14.6. The zero-order chi connectivity index (χ0) is 10.7. The van der Waals surface area contributed by atoms with Crippen LogP contribution in [0.5, 0.6) is 0 Å². The highest BCUT2D eigenvalue weighted by Crippen LogP contribution is 2.20. The molecule has 6 heteroatoms. The molecule has 0 unspecified atom stereocenters. The van der Waals surface area contributed by atoms with Crippen molar-refractivity contribution in [2.75, 3.05) is 6.61 Å². The second-order valence-corrected chi connectivity index (χ2v) is 2.98. The van der Waals surface area contributed by atoms with Crippen molar-refractivity contribution >= 4 is 5.97 Å². The fraction of sp³-hybridized carbons (Fsp3) is 0.875. The highest BCUT2D eigenvalue weighted by atomic mass is 16.9. The third-order valence-corrected chi connectivity index (χ3v) is 1.86. The Bertz CT molecular complexity index is 204. The summed E-state index contributed by atoms with van der Waals surface area (Å²) in [5, 5.41) is 9.48. The van der Waals surface area contributed by atoms with Gasteiger partial charge in [0, 0.05) is 0 Å². The van der Waals surface area contributed by atoms with E-state index in [0.29, 0.717) is 0 Å². The Labute approximate surface area is 81.9 Å². The number of nitrogens with two attached hydrogens (primary N) is 1. The third-order valence-electron chi connectivity index (χ3n) is 1.86. The minimum Gasteiger partial charge on any atom is -0.465 e. The van der Waals surface area contributed by atoms with Crippen LogP contribution >= 0.6 is 0 Å². The zero-order valence-electron chi connectivity index (χ0n) is 8.17. The number of aliphatic hydroxyl groups excluding tert-OH is 1.